The summed E-state index contributed by atoms with van der Waals surface area (Å²) in [6.07, 6.45) is 4.16. The second-order valence-electron chi connectivity index (χ2n) is 7.81. The first-order valence-electron chi connectivity index (χ1n) is 10.6. The molecule has 1 aliphatic heterocycles. The number of ether oxygens (including phenoxy) is 1. The van der Waals surface area contributed by atoms with E-state index in [-0.39, 0.29) is 11.8 Å². The molecule has 3 rings (SSSR count). The van der Waals surface area contributed by atoms with E-state index in [1.807, 2.05) is 48.2 Å². The number of nitrogens with zero attached hydrogens (tertiary/aromatic N) is 2. The van der Waals surface area contributed by atoms with Gasteiger partial charge in [0.15, 0.2) is 0 Å². The lowest BCUT2D eigenvalue weighted by molar-refractivity contribution is 0.0793. The minimum absolute atomic E-state index is 0.0147. The van der Waals surface area contributed by atoms with Gasteiger partial charge in [0.05, 0.1) is 12.2 Å². The Kier molecular flexibility index (Phi) is 7.33. The third-order valence-corrected chi connectivity index (χ3v) is 5.24. The highest BCUT2D eigenvalue weighted by Gasteiger charge is 2.23. The fraction of sp³-hybridized carbons (Fsp3) is 0.417. The standard InChI is InChI=1S/C24H31N3O3/c1-4-5-16-30-20-11-8-18(9-12-20)23(28)25-19-10-13-22(26(2)3)21(17-19)24(29)27-14-6-7-15-27/h8-13,17H,4-7,14-16H2,1-3H3,(H,25,28). The van der Waals surface area contributed by atoms with Crippen LogP contribution in [0.5, 0.6) is 5.75 Å². The van der Waals surface area contributed by atoms with Gasteiger partial charge in [-0.15, -0.1) is 0 Å². The topological polar surface area (TPSA) is 61.9 Å². The minimum Gasteiger partial charge on any atom is -0.494 e. The first-order valence-corrected chi connectivity index (χ1v) is 10.6. The fourth-order valence-electron chi connectivity index (χ4n) is 3.51. The lowest BCUT2D eigenvalue weighted by Crippen LogP contribution is -2.29. The van der Waals surface area contributed by atoms with E-state index >= 15 is 0 Å². The Balaban J connectivity index is 1.73. The van der Waals surface area contributed by atoms with Gasteiger partial charge in [-0.2, -0.15) is 0 Å². The number of carbonyl (C=O) groups excluding carboxylic acids is 2. The van der Waals surface area contributed by atoms with Crippen LogP contribution < -0.4 is 15.0 Å². The van der Waals surface area contributed by atoms with Crippen LogP contribution in [0, 0.1) is 0 Å². The Morgan fingerprint density at radius 3 is 2.40 bits per heavy atom. The number of rotatable bonds is 8. The van der Waals surface area contributed by atoms with Gasteiger partial charge in [-0.1, -0.05) is 13.3 Å². The Morgan fingerprint density at radius 2 is 1.77 bits per heavy atom. The molecule has 0 spiro atoms. The summed E-state index contributed by atoms with van der Waals surface area (Å²) >= 11 is 0. The van der Waals surface area contributed by atoms with E-state index < -0.39 is 0 Å². The molecule has 1 aliphatic rings. The molecule has 0 bridgehead atoms. The largest absolute Gasteiger partial charge is 0.494 e. The van der Waals surface area contributed by atoms with Crippen molar-refractivity contribution in [2.24, 2.45) is 0 Å². The van der Waals surface area contributed by atoms with E-state index in [2.05, 4.69) is 12.2 Å². The van der Waals surface area contributed by atoms with Crippen molar-refractivity contribution < 1.29 is 14.3 Å². The quantitative estimate of drug-likeness (QED) is 0.656. The summed E-state index contributed by atoms with van der Waals surface area (Å²) in [7, 11) is 3.83. The maximum atomic E-state index is 13.0. The van der Waals surface area contributed by atoms with Crippen LogP contribution in [0.15, 0.2) is 42.5 Å². The zero-order chi connectivity index (χ0) is 21.5. The van der Waals surface area contributed by atoms with Crippen molar-refractivity contribution in [1.82, 2.24) is 4.90 Å². The van der Waals surface area contributed by atoms with Gasteiger partial charge in [0, 0.05) is 44.1 Å². The van der Waals surface area contributed by atoms with Gasteiger partial charge in [0.25, 0.3) is 11.8 Å². The van der Waals surface area contributed by atoms with Crippen molar-refractivity contribution in [3.8, 4) is 5.75 Å². The van der Waals surface area contributed by atoms with E-state index in [1.165, 1.54) is 0 Å². The Bertz CT molecular complexity index is 872. The van der Waals surface area contributed by atoms with Gasteiger partial charge in [0.1, 0.15) is 5.75 Å². The van der Waals surface area contributed by atoms with E-state index in [0.29, 0.717) is 23.4 Å². The normalized spacial score (nSPS) is 13.2. The van der Waals surface area contributed by atoms with Crippen LogP contribution in [0.1, 0.15) is 53.3 Å². The van der Waals surface area contributed by atoms with Crippen LogP contribution in [0.25, 0.3) is 0 Å². The van der Waals surface area contributed by atoms with Crippen LogP contribution in [0.3, 0.4) is 0 Å². The number of nitrogens with one attached hydrogen (secondary N) is 1. The molecule has 0 aromatic heterocycles. The molecule has 6 heteroatoms. The van der Waals surface area contributed by atoms with Gasteiger partial charge in [0.2, 0.25) is 0 Å². The zero-order valence-corrected chi connectivity index (χ0v) is 18.1. The molecule has 0 aliphatic carbocycles. The summed E-state index contributed by atoms with van der Waals surface area (Å²) in [5.74, 6) is 0.557. The van der Waals surface area contributed by atoms with Gasteiger partial charge < -0.3 is 19.9 Å². The second-order valence-corrected chi connectivity index (χ2v) is 7.81. The third-order valence-electron chi connectivity index (χ3n) is 5.24. The molecule has 0 atom stereocenters. The number of hydrogen-bond donors (Lipinski definition) is 1. The molecule has 2 aromatic carbocycles. The molecule has 1 saturated heterocycles. The average molecular weight is 410 g/mol. The smallest absolute Gasteiger partial charge is 0.256 e. The highest BCUT2D eigenvalue weighted by molar-refractivity contribution is 6.06. The molecule has 160 valence electrons. The Morgan fingerprint density at radius 1 is 1.07 bits per heavy atom. The predicted octanol–water partition coefficient (Wildman–Crippen LogP) is 4.42. The van der Waals surface area contributed by atoms with Gasteiger partial charge in [-0.3, -0.25) is 9.59 Å². The van der Waals surface area contributed by atoms with Crippen LogP contribution in [0.4, 0.5) is 11.4 Å². The van der Waals surface area contributed by atoms with Crippen molar-refractivity contribution in [2.75, 3.05) is 44.0 Å². The maximum absolute atomic E-state index is 13.0. The molecule has 0 unspecified atom stereocenters. The SMILES string of the molecule is CCCCOc1ccc(C(=O)Nc2ccc(N(C)C)c(C(=O)N3CCCC3)c2)cc1. The fourth-order valence-corrected chi connectivity index (χ4v) is 3.51. The Labute approximate surface area is 178 Å². The number of anilines is 2. The van der Waals surface area contributed by atoms with Gasteiger partial charge in [-0.05, 0) is 61.7 Å². The second kappa shape index (κ2) is 10.1. The summed E-state index contributed by atoms with van der Waals surface area (Å²) in [6.45, 7) is 4.37. The number of amides is 2. The number of likely N-dealkylation sites (tertiary alicyclic amines) is 1. The maximum Gasteiger partial charge on any atom is 0.256 e. The number of carbonyl (C=O) groups is 2. The zero-order valence-electron chi connectivity index (χ0n) is 18.1. The van der Waals surface area contributed by atoms with Crippen molar-refractivity contribution in [2.45, 2.75) is 32.6 Å². The molecule has 0 radical (unpaired) electrons. The lowest BCUT2D eigenvalue weighted by Gasteiger charge is -2.22. The molecular weight excluding hydrogens is 378 g/mol. The van der Waals surface area contributed by atoms with Crippen molar-refractivity contribution in [3.05, 3.63) is 53.6 Å². The van der Waals surface area contributed by atoms with E-state index in [1.54, 1.807) is 18.2 Å². The highest BCUT2D eigenvalue weighted by Crippen LogP contribution is 2.26. The number of hydrogen-bond acceptors (Lipinski definition) is 4. The van der Waals surface area contributed by atoms with Crippen LogP contribution >= 0.6 is 0 Å². The minimum atomic E-state index is -0.215. The van der Waals surface area contributed by atoms with E-state index in [0.717, 1.165) is 50.2 Å². The summed E-state index contributed by atoms with van der Waals surface area (Å²) in [5, 5.41) is 2.91. The lowest BCUT2D eigenvalue weighted by atomic mass is 10.1. The first kappa shape index (κ1) is 21.7. The van der Waals surface area contributed by atoms with E-state index in [4.69, 9.17) is 4.74 Å². The molecule has 1 heterocycles. The molecule has 1 fully saturated rings. The predicted molar refractivity (Wildman–Crippen MR) is 121 cm³/mol. The average Bonchev–Trinajstić information content (AvgIpc) is 3.28. The Hall–Kier alpha value is -3.02. The monoisotopic (exact) mass is 409 g/mol. The van der Waals surface area contributed by atoms with Crippen LogP contribution in [-0.2, 0) is 0 Å². The van der Waals surface area contributed by atoms with Crippen molar-refractivity contribution in [3.63, 3.8) is 0 Å². The first-order chi connectivity index (χ1) is 14.5. The third kappa shape index (κ3) is 5.32. The van der Waals surface area contributed by atoms with Gasteiger partial charge >= 0.3 is 0 Å². The molecule has 2 aromatic rings. The molecule has 1 N–H and O–H groups in total. The van der Waals surface area contributed by atoms with Crippen LogP contribution in [0.2, 0.25) is 0 Å². The van der Waals surface area contributed by atoms with Crippen LogP contribution in [-0.4, -0.2) is 50.5 Å². The molecule has 2 amide bonds. The highest BCUT2D eigenvalue weighted by atomic mass is 16.5. The molecular formula is C24H31N3O3. The van der Waals surface area contributed by atoms with Crippen molar-refractivity contribution in [1.29, 1.82) is 0 Å². The number of benzene rings is 2. The summed E-state index contributed by atoms with van der Waals surface area (Å²) < 4.78 is 5.65. The summed E-state index contributed by atoms with van der Waals surface area (Å²) in [4.78, 5) is 29.5. The van der Waals surface area contributed by atoms with Gasteiger partial charge in [-0.25, -0.2) is 0 Å². The number of unbranched alkanes of at least 4 members (excludes halogenated alkanes) is 1. The molecule has 0 saturated carbocycles. The summed E-state index contributed by atoms with van der Waals surface area (Å²) in [5.41, 5.74) is 2.61. The van der Waals surface area contributed by atoms with E-state index in [9.17, 15) is 9.59 Å². The summed E-state index contributed by atoms with van der Waals surface area (Å²) in [6, 6.07) is 12.6. The molecule has 30 heavy (non-hydrogen) atoms. The molecule has 6 nitrogen and oxygen atoms in total. The van der Waals surface area contributed by atoms with Crippen molar-refractivity contribution >= 4 is 23.2 Å².